The first-order chi connectivity index (χ1) is 15.0. The van der Waals surface area contributed by atoms with Crippen LogP contribution in [0.2, 0.25) is 5.02 Å². The second-order valence-electron chi connectivity index (χ2n) is 7.40. The SMILES string of the molecule is Cc1cc(Cl)ccc1NC(=O)CCCC(=O)[C@H](C(=O)c1ccccc1)c1ccccc1. The summed E-state index contributed by atoms with van der Waals surface area (Å²) in [5.74, 6) is -1.46. The Labute approximate surface area is 187 Å². The van der Waals surface area contributed by atoms with Crippen molar-refractivity contribution in [3.63, 3.8) is 0 Å². The second kappa shape index (κ2) is 10.7. The molecule has 3 rings (SSSR count). The molecule has 0 spiro atoms. The van der Waals surface area contributed by atoms with E-state index in [9.17, 15) is 14.4 Å². The molecule has 0 fully saturated rings. The van der Waals surface area contributed by atoms with Crippen LogP contribution in [0.4, 0.5) is 5.69 Å². The van der Waals surface area contributed by atoms with E-state index >= 15 is 0 Å². The minimum absolute atomic E-state index is 0.144. The van der Waals surface area contributed by atoms with Crippen molar-refractivity contribution in [2.45, 2.75) is 32.1 Å². The number of aryl methyl sites for hydroxylation is 1. The molecule has 0 aromatic heterocycles. The van der Waals surface area contributed by atoms with Crippen LogP contribution in [0.1, 0.15) is 46.7 Å². The number of halogens is 1. The summed E-state index contributed by atoms with van der Waals surface area (Å²) >= 11 is 5.94. The summed E-state index contributed by atoms with van der Waals surface area (Å²) in [6.07, 6.45) is 0.697. The van der Waals surface area contributed by atoms with Gasteiger partial charge in [0, 0.05) is 29.1 Å². The van der Waals surface area contributed by atoms with Gasteiger partial charge in [-0.25, -0.2) is 0 Å². The lowest BCUT2D eigenvalue weighted by Gasteiger charge is -2.15. The van der Waals surface area contributed by atoms with Crippen molar-refractivity contribution in [3.8, 4) is 0 Å². The van der Waals surface area contributed by atoms with Gasteiger partial charge in [0.1, 0.15) is 11.7 Å². The molecule has 0 bridgehead atoms. The van der Waals surface area contributed by atoms with E-state index in [4.69, 9.17) is 11.6 Å². The summed E-state index contributed by atoms with van der Waals surface area (Å²) in [7, 11) is 0. The number of Topliss-reactive ketones (excluding diaryl/α,β-unsaturated/α-hetero) is 2. The molecule has 1 amide bonds. The van der Waals surface area contributed by atoms with E-state index in [1.807, 2.05) is 31.2 Å². The maximum Gasteiger partial charge on any atom is 0.224 e. The van der Waals surface area contributed by atoms with Gasteiger partial charge in [0.2, 0.25) is 5.91 Å². The Hall–Kier alpha value is -3.24. The van der Waals surface area contributed by atoms with Crippen LogP contribution in [0.5, 0.6) is 0 Å². The largest absolute Gasteiger partial charge is 0.326 e. The Kier molecular flexibility index (Phi) is 7.74. The first kappa shape index (κ1) is 22.4. The van der Waals surface area contributed by atoms with Gasteiger partial charge in [-0.15, -0.1) is 0 Å². The molecule has 3 aromatic carbocycles. The zero-order chi connectivity index (χ0) is 22.2. The molecular weight excluding hydrogens is 410 g/mol. The first-order valence-corrected chi connectivity index (χ1v) is 10.6. The molecule has 0 saturated heterocycles. The van der Waals surface area contributed by atoms with E-state index in [0.717, 1.165) is 5.56 Å². The Morgan fingerprint density at radius 1 is 0.871 bits per heavy atom. The van der Waals surface area contributed by atoms with Gasteiger partial charge in [0.05, 0.1) is 0 Å². The Balaban J connectivity index is 1.64. The van der Waals surface area contributed by atoms with Gasteiger partial charge in [-0.05, 0) is 42.7 Å². The molecule has 0 unspecified atom stereocenters. The van der Waals surface area contributed by atoms with E-state index in [1.165, 1.54) is 0 Å². The highest BCUT2D eigenvalue weighted by Gasteiger charge is 2.28. The molecule has 1 atom stereocenters. The quantitative estimate of drug-likeness (QED) is 0.333. The highest BCUT2D eigenvalue weighted by molar-refractivity contribution is 6.30. The fourth-order valence-electron chi connectivity index (χ4n) is 3.45. The van der Waals surface area contributed by atoms with Gasteiger partial charge >= 0.3 is 0 Å². The summed E-state index contributed by atoms with van der Waals surface area (Å²) in [4.78, 5) is 38.4. The number of benzene rings is 3. The highest BCUT2D eigenvalue weighted by Crippen LogP contribution is 2.25. The zero-order valence-corrected chi connectivity index (χ0v) is 18.1. The van der Waals surface area contributed by atoms with Crippen molar-refractivity contribution >= 4 is 34.8 Å². The third-order valence-corrected chi connectivity index (χ3v) is 5.30. The first-order valence-electron chi connectivity index (χ1n) is 10.2. The van der Waals surface area contributed by atoms with Crippen molar-refractivity contribution in [1.29, 1.82) is 0 Å². The molecule has 0 aliphatic rings. The van der Waals surface area contributed by atoms with Crippen LogP contribution in [0.15, 0.2) is 78.9 Å². The number of anilines is 1. The molecule has 5 heteroatoms. The number of carbonyl (C=O) groups excluding carboxylic acids is 3. The number of hydrogen-bond donors (Lipinski definition) is 1. The van der Waals surface area contributed by atoms with Crippen LogP contribution < -0.4 is 5.32 Å². The van der Waals surface area contributed by atoms with Crippen molar-refractivity contribution in [1.82, 2.24) is 0 Å². The number of ketones is 2. The number of carbonyl (C=O) groups is 3. The van der Waals surface area contributed by atoms with Crippen molar-refractivity contribution in [3.05, 3.63) is 101 Å². The standard InChI is InChI=1S/C26H24ClNO3/c1-18-17-21(27)15-16-22(18)28-24(30)14-8-13-23(29)25(19-9-4-2-5-10-19)26(31)20-11-6-3-7-12-20/h2-7,9-12,15-17,25H,8,13-14H2,1H3,(H,28,30)/t25-/m1/s1. The molecule has 31 heavy (non-hydrogen) atoms. The minimum Gasteiger partial charge on any atom is -0.326 e. The summed E-state index contributed by atoms with van der Waals surface area (Å²) < 4.78 is 0. The number of hydrogen-bond acceptors (Lipinski definition) is 3. The van der Waals surface area contributed by atoms with Crippen LogP contribution in [-0.4, -0.2) is 17.5 Å². The second-order valence-corrected chi connectivity index (χ2v) is 7.84. The molecule has 0 heterocycles. The van der Waals surface area contributed by atoms with Crippen LogP contribution in [0.3, 0.4) is 0 Å². The van der Waals surface area contributed by atoms with Gasteiger partial charge in [0.25, 0.3) is 0 Å². The third kappa shape index (κ3) is 6.12. The van der Waals surface area contributed by atoms with Crippen LogP contribution in [0.25, 0.3) is 0 Å². The molecule has 0 aliphatic carbocycles. The summed E-state index contributed by atoms with van der Waals surface area (Å²) in [6.45, 7) is 1.87. The summed E-state index contributed by atoms with van der Waals surface area (Å²) in [5, 5.41) is 3.45. The molecular formula is C26H24ClNO3. The molecule has 158 valence electrons. The average molecular weight is 434 g/mol. The molecule has 1 N–H and O–H groups in total. The van der Waals surface area contributed by atoms with E-state index in [0.29, 0.717) is 28.3 Å². The number of nitrogens with one attached hydrogen (secondary N) is 1. The Bertz CT molecular complexity index is 1060. The molecule has 3 aromatic rings. The van der Waals surface area contributed by atoms with E-state index in [1.54, 1.807) is 54.6 Å². The lowest BCUT2D eigenvalue weighted by atomic mass is 9.85. The maximum absolute atomic E-state index is 13.1. The predicted octanol–water partition coefficient (Wildman–Crippen LogP) is 5.99. The molecule has 0 radical (unpaired) electrons. The van der Waals surface area contributed by atoms with Crippen LogP contribution in [-0.2, 0) is 9.59 Å². The smallest absolute Gasteiger partial charge is 0.224 e. The summed E-state index contributed by atoms with van der Waals surface area (Å²) in [5.41, 5.74) is 2.74. The van der Waals surface area contributed by atoms with Crippen LogP contribution in [0, 0.1) is 6.92 Å². The number of rotatable bonds is 9. The Morgan fingerprint density at radius 3 is 2.16 bits per heavy atom. The van der Waals surface area contributed by atoms with Gasteiger partial charge in [-0.2, -0.15) is 0 Å². The minimum atomic E-state index is -0.870. The van der Waals surface area contributed by atoms with E-state index in [-0.39, 0.29) is 30.3 Å². The normalized spacial score (nSPS) is 11.5. The van der Waals surface area contributed by atoms with Gasteiger partial charge in [-0.1, -0.05) is 72.3 Å². The van der Waals surface area contributed by atoms with Gasteiger partial charge in [0.15, 0.2) is 5.78 Å². The topological polar surface area (TPSA) is 63.2 Å². The third-order valence-electron chi connectivity index (χ3n) is 5.06. The fourth-order valence-corrected chi connectivity index (χ4v) is 3.67. The number of amides is 1. The maximum atomic E-state index is 13.1. The van der Waals surface area contributed by atoms with Crippen LogP contribution >= 0.6 is 11.6 Å². The van der Waals surface area contributed by atoms with Crippen molar-refractivity contribution in [2.75, 3.05) is 5.32 Å². The molecule has 0 aliphatic heterocycles. The average Bonchev–Trinajstić information content (AvgIpc) is 2.77. The molecule has 4 nitrogen and oxygen atoms in total. The Morgan fingerprint density at radius 2 is 1.52 bits per heavy atom. The zero-order valence-electron chi connectivity index (χ0n) is 17.3. The van der Waals surface area contributed by atoms with Gasteiger partial charge in [-0.3, -0.25) is 14.4 Å². The highest BCUT2D eigenvalue weighted by atomic mass is 35.5. The predicted molar refractivity (Wildman–Crippen MR) is 124 cm³/mol. The monoisotopic (exact) mass is 433 g/mol. The van der Waals surface area contributed by atoms with E-state index < -0.39 is 5.92 Å². The lowest BCUT2D eigenvalue weighted by Crippen LogP contribution is -2.23. The van der Waals surface area contributed by atoms with Gasteiger partial charge < -0.3 is 5.32 Å². The fraction of sp³-hybridized carbons (Fsp3) is 0.192. The van der Waals surface area contributed by atoms with Crippen molar-refractivity contribution < 1.29 is 14.4 Å². The van der Waals surface area contributed by atoms with Crippen molar-refractivity contribution in [2.24, 2.45) is 0 Å². The lowest BCUT2D eigenvalue weighted by molar-refractivity contribution is -0.119. The molecule has 0 saturated carbocycles. The van der Waals surface area contributed by atoms with E-state index in [2.05, 4.69) is 5.32 Å². The summed E-state index contributed by atoms with van der Waals surface area (Å²) in [6, 6.07) is 23.1.